The summed E-state index contributed by atoms with van der Waals surface area (Å²) in [6.45, 7) is -3.69. The van der Waals surface area contributed by atoms with Crippen LogP contribution in [0.15, 0.2) is 24.3 Å². The van der Waals surface area contributed by atoms with E-state index in [0.717, 1.165) is 36.8 Å². The Bertz CT molecular complexity index is 850. The maximum absolute atomic E-state index is 12.6. The molecule has 0 saturated heterocycles. The smallest absolute Gasteiger partial charge is 0.404 e. The van der Waals surface area contributed by atoms with Crippen molar-refractivity contribution in [2.24, 2.45) is 0 Å². The van der Waals surface area contributed by atoms with Gasteiger partial charge in [0.2, 0.25) is 0 Å². The molecule has 1 heterocycles. The summed E-state index contributed by atoms with van der Waals surface area (Å²) in [6.07, 6.45) is 9.02. The van der Waals surface area contributed by atoms with Crippen LogP contribution in [0.5, 0.6) is 11.5 Å². The summed E-state index contributed by atoms with van der Waals surface area (Å²) in [4.78, 5) is 0. The Balaban J connectivity index is 1.86. The molecule has 2 aromatic carbocycles. The summed E-state index contributed by atoms with van der Waals surface area (Å²) in [7, 11) is 0. The van der Waals surface area contributed by atoms with Crippen LogP contribution in [-0.2, 0) is 30.2 Å². The molecular formula is C20H20ClO3P. The van der Waals surface area contributed by atoms with Crippen LogP contribution in [0.2, 0.25) is 0 Å². The maximum atomic E-state index is 12.6. The third kappa shape index (κ3) is 2.60. The monoisotopic (exact) mass is 374 g/mol. The second-order valence-electron chi connectivity index (χ2n) is 7.18. The molecule has 1 aliphatic heterocycles. The summed E-state index contributed by atoms with van der Waals surface area (Å²) in [6, 6.07) is 8.06. The van der Waals surface area contributed by atoms with E-state index in [1.807, 2.05) is 12.1 Å². The molecule has 0 unspecified atom stereocenters. The second kappa shape index (κ2) is 5.79. The molecule has 3 aliphatic rings. The minimum atomic E-state index is -3.69. The molecule has 0 amide bonds. The zero-order valence-corrected chi connectivity index (χ0v) is 15.7. The lowest BCUT2D eigenvalue weighted by molar-refractivity contribution is 0.411. The van der Waals surface area contributed by atoms with Gasteiger partial charge in [0.15, 0.2) is 0 Å². The highest BCUT2D eigenvalue weighted by Gasteiger charge is 2.35. The number of fused-ring (bicyclic) bond motifs is 7. The standard InChI is InChI=1S/C20H20ClO3P/c21-25(22)23-17-11-9-13-5-1-3-7-15(13)19(17)20-16-8-4-2-6-14(16)10-12-18(20)24-25/h9-12H,1-8H2. The summed E-state index contributed by atoms with van der Waals surface area (Å²) in [5.74, 6) is 1.22. The number of hydrogen-bond acceptors (Lipinski definition) is 3. The molecule has 3 nitrogen and oxygen atoms in total. The molecule has 5 rings (SSSR count). The van der Waals surface area contributed by atoms with Crippen molar-refractivity contribution >= 4 is 18.2 Å². The van der Waals surface area contributed by atoms with Crippen molar-refractivity contribution in [2.75, 3.05) is 0 Å². The zero-order valence-electron chi connectivity index (χ0n) is 14.0. The van der Waals surface area contributed by atoms with E-state index in [2.05, 4.69) is 12.1 Å². The van der Waals surface area contributed by atoms with Gasteiger partial charge in [0.1, 0.15) is 11.5 Å². The van der Waals surface area contributed by atoms with Gasteiger partial charge in [-0.3, -0.25) is 0 Å². The van der Waals surface area contributed by atoms with Crippen LogP contribution < -0.4 is 9.05 Å². The van der Waals surface area contributed by atoms with Crippen LogP contribution >= 0.6 is 18.2 Å². The molecule has 0 atom stereocenters. The Kier molecular flexibility index (Phi) is 3.66. The van der Waals surface area contributed by atoms with Gasteiger partial charge in [0.25, 0.3) is 0 Å². The van der Waals surface area contributed by atoms with E-state index >= 15 is 0 Å². The van der Waals surface area contributed by atoms with Crippen LogP contribution in [0, 0.1) is 0 Å². The first-order valence-corrected chi connectivity index (χ1v) is 11.6. The van der Waals surface area contributed by atoms with Crippen LogP contribution in [0.3, 0.4) is 0 Å². The predicted octanol–water partition coefficient (Wildman–Crippen LogP) is 6.23. The van der Waals surface area contributed by atoms with E-state index < -0.39 is 6.95 Å². The number of rotatable bonds is 0. The van der Waals surface area contributed by atoms with Crippen LogP contribution in [0.4, 0.5) is 0 Å². The molecule has 0 radical (unpaired) electrons. The maximum Gasteiger partial charge on any atom is 0.530 e. The number of hydrogen-bond donors (Lipinski definition) is 0. The highest BCUT2D eigenvalue weighted by atomic mass is 35.7. The predicted molar refractivity (Wildman–Crippen MR) is 99.9 cm³/mol. The average Bonchev–Trinajstić information content (AvgIpc) is 2.73. The molecule has 2 aliphatic carbocycles. The third-order valence-corrected chi connectivity index (χ3v) is 6.90. The minimum Gasteiger partial charge on any atom is -0.404 e. The van der Waals surface area contributed by atoms with Crippen molar-refractivity contribution < 1.29 is 13.6 Å². The van der Waals surface area contributed by atoms with Crippen LogP contribution in [-0.4, -0.2) is 0 Å². The first-order valence-electron chi connectivity index (χ1n) is 9.11. The van der Waals surface area contributed by atoms with Crippen molar-refractivity contribution in [2.45, 2.75) is 51.4 Å². The van der Waals surface area contributed by atoms with Crippen molar-refractivity contribution in [1.29, 1.82) is 0 Å². The summed E-state index contributed by atoms with van der Waals surface area (Å²) in [5.41, 5.74) is 7.55. The van der Waals surface area contributed by atoms with Crippen molar-refractivity contribution in [3.05, 3.63) is 46.5 Å². The summed E-state index contributed by atoms with van der Waals surface area (Å²) < 4.78 is 24.0. The highest BCUT2D eigenvalue weighted by molar-refractivity contribution is 7.82. The van der Waals surface area contributed by atoms with E-state index in [9.17, 15) is 4.57 Å². The molecule has 2 aromatic rings. The topological polar surface area (TPSA) is 35.5 Å². The van der Waals surface area contributed by atoms with Crippen molar-refractivity contribution in [3.63, 3.8) is 0 Å². The first kappa shape index (κ1) is 15.8. The lowest BCUT2D eigenvalue weighted by Gasteiger charge is -2.25. The van der Waals surface area contributed by atoms with E-state index in [-0.39, 0.29) is 0 Å². The Labute approximate surface area is 152 Å². The first-order chi connectivity index (χ1) is 12.1. The van der Waals surface area contributed by atoms with E-state index in [4.69, 9.17) is 20.3 Å². The van der Waals surface area contributed by atoms with Gasteiger partial charge in [0, 0.05) is 22.4 Å². The van der Waals surface area contributed by atoms with Gasteiger partial charge in [-0.15, -0.1) is 0 Å². The average molecular weight is 375 g/mol. The largest absolute Gasteiger partial charge is 0.530 e. The molecular weight excluding hydrogens is 355 g/mol. The molecule has 5 heteroatoms. The van der Waals surface area contributed by atoms with E-state index in [1.165, 1.54) is 47.9 Å². The lowest BCUT2D eigenvalue weighted by atomic mass is 9.80. The molecule has 130 valence electrons. The molecule has 25 heavy (non-hydrogen) atoms. The zero-order chi connectivity index (χ0) is 17.0. The van der Waals surface area contributed by atoms with Gasteiger partial charge < -0.3 is 9.05 Å². The Hall–Kier alpha value is -1.44. The fourth-order valence-corrected chi connectivity index (χ4v) is 5.82. The summed E-state index contributed by atoms with van der Waals surface area (Å²) in [5, 5.41) is 0. The van der Waals surface area contributed by atoms with Gasteiger partial charge >= 0.3 is 6.95 Å². The normalized spacial score (nSPS) is 20.0. The quantitative estimate of drug-likeness (QED) is 0.513. The molecule has 0 bridgehead atoms. The SMILES string of the molecule is O=P1(Cl)Oc2ccc3c(c2-c2c(ccc4c2CCCC4)O1)CCCC3. The van der Waals surface area contributed by atoms with Crippen molar-refractivity contribution in [1.82, 2.24) is 0 Å². The fraction of sp³-hybridized carbons (Fsp3) is 0.400. The number of benzene rings is 2. The minimum absolute atomic E-state index is 0.608. The lowest BCUT2D eigenvalue weighted by Crippen LogP contribution is -2.09. The van der Waals surface area contributed by atoms with Gasteiger partial charge in [-0.25, -0.2) is 4.57 Å². The van der Waals surface area contributed by atoms with Gasteiger partial charge in [-0.1, -0.05) is 12.1 Å². The Morgan fingerprint density at radius 3 is 1.64 bits per heavy atom. The fourth-order valence-electron chi connectivity index (χ4n) is 4.57. The Morgan fingerprint density at radius 2 is 1.16 bits per heavy atom. The van der Waals surface area contributed by atoms with Gasteiger partial charge in [0.05, 0.1) is 0 Å². The molecule has 0 saturated carbocycles. The van der Waals surface area contributed by atoms with Gasteiger partial charge in [-0.2, -0.15) is 0 Å². The van der Waals surface area contributed by atoms with Crippen molar-refractivity contribution in [3.8, 4) is 22.6 Å². The number of halogens is 1. The summed E-state index contributed by atoms with van der Waals surface area (Å²) >= 11 is 6.11. The number of aryl methyl sites for hydroxylation is 2. The second-order valence-corrected chi connectivity index (χ2v) is 9.65. The Morgan fingerprint density at radius 1 is 0.720 bits per heavy atom. The molecule has 0 N–H and O–H groups in total. The van der Waals surface area contributed by atoms with Crippen LogP contribution in [0.1, 0.15) is 47.9 Å². The highest BCUT2D eigenvalue weighted by Crippen LogP contribution is 2.61. The third-order valence-electron chi connectivity index (χ3n) is 5.65. The van der Waals surface area contributed by atoms with Gasteiger partial charge in [-0.05, 0) is 85.8 Å². The molecule has 0 spiro atoms. The molecule has 0 fully saturated rings. The van der Waals surface area contributed by atoms with E-state index in [0.29, 0.717) is 11.5 Å². The molecule has 0 aromatic heterocycles. The van der Waals surface area contributed by atoms with Crippen LogP contribution in [0.25, 0.3) is 11.1 Å². The van der Waals surface area contributed by atoms with E-state index in [1.54, 1.807) is 0 Å².